The van der Waals surface area contributed by atoms with E-state index in [0.717, 1.165) is 4.90 Å². The highest BCUT2D eigenvalue weighted by atomic mass is 16.5. The van der Waals surface area contributed by atoms with Gasteiger partial charge in [-0.15, -0.1) is 0 Å². The van der Waals surface area contributed by atoms with Crippen LogP contribution in [0.2, 0.25) is 0 Å². The molecule has 0 saturated carbocycles. The zero-order valence-corrected chi connectivity index (χ0v) is 11.8. The van der Waals surface area contributed by atoms with E-state index in [1.807, 2.05) is 19.9 Å². The minimum atomic E-state index is -0.348. The maximum absolute atomic E-state index is 12.3. The molecule has 1 fully saturated rings. The van der Waals surface area contributed by atoms with Crippen molar-refractivity contribution in [2.75, 3.05) is 12.0 Å². The fourth-order valence-electron chi connectivity index (χ4n) is 2.44. The van der Waals surface area contributed by atoms with Crippen LogP contribution in [0.15, 0.2) is 18.2 Å². The van der Waals surface area contributed by atoms with Gasteiger partial charge in [-0.25, -0.2) is 4.90 Å². The summed E-state index contributed by atoms with van der Waals surface area (Å²) in [4.78, 5) is 25.7. The van der Waals surface area contributed by atoms with Crippen LogP contribution in [0.4, 0.5) is 5.69 Å². The zero-order chi connectivity index (χ0) is 14.9. The molecule has 0 N–H and O–H groups in total. The van der Waals surface area contributed by atoms with Gasteiger partial charge in [0.15, 0.2) is 0 Å². The van der Waals surface area contributed by atoms with Crippen LogP contribution in [-0.4, -0.2) is 18.9 Å². The van der Waals surface area contributed by atoms with Gasteiger partial charge in [0.25, 0.3) is 0 Å². The maximum atomic E-state index is 12.3. The van der Waals surface area contributed by atoms with Gasteiger partial charge in [-0.1, -0.05) is 19.9 Å². The Hall–Kier alpha value is -2.35. The van der Waals surface area contributed by atoms with E-state index in [2.05, 4.69) is 0 Å². The lowest BCUT2D eigenvalue weighted by atomic mass is 9.81. The Balaban J connectivity index is 2.54. The van der Waals surface area contributed by atoms with Gasteiger partial charge < -0.3 is 4.74 Å². The maximum Gasteiger partial charge on any atom is 0.234 e. The Kier molecular flexibility index (Phi) is 3.49. The Morgan fingerprint density at radius 2 is 1.85 bits per heavy atom. The van der Waals surface area contributed by atoms with E-state index < -0.39 is 0 Å². The molecule has 104 valence electrons. The number of carbonyl (C=O) groups is 2. The average Bonchev–Trinajstić information content (AvgIpc) is 2.36. The molecule has 5 nitrogen and oxygen atoms in total. The molecular weight excluding hydrogens is 256 g/mol. The normalized spacial score (nSPS) is 17.8. The third kappa shape index (κ3) is 2.37. The number of hydrogen-bond donors (Lipinski definition) is 0. The molecule has 0 spiro atoms. The van der Waals surface area contributed by atoms with Gasteiger partial charge in [-0.2, -0.15) is 5.26 Å². The molecule has 1 aromatic rings. The van der Waals surface area contributed by atoms with Gasteiger partial charge in [0.2, 0.25) is 11.8 Å². The fourth-order valence-corrected chi connectivity index (χ4v) is 2.44. The summed E-state index contributed by atoms with van der Waals surface area (Å²) in [6.45, 7) is 3.77. The lowest BCUT2D eigenvalue weighted by Gasteiger charge is -2.35. The zero-order valence-electron chi connectivity index (χ0n) is 11.8. The summed E-state index contributed by atoms with van der Waals surface area (Å²) in [5, 5.41) is 9.19. The predicted octanol–water partition coefficient (Wildman–Crippen LogP) is 2.25. The SMILES string of the molecule is COc1cccc(C#N)c1N1C(=O)CC(C)(C)CC1=O. The average molecular weight is 272 g/mol. The first-order valence-corrected chi connectivity index (χ1v) is 6.32. The number of anilines is 1. The second-order valence-electron chi connectivity index (χ2n) is 5.61. The number of ether oxygens (including phenoxy) is 1. The van der Waals surface area contributed by atoms with Crippen molar-refractivity contribution in [3.8, 4) is 11.8 Å². The van der Waals surface area contributed by atoms with Crippen LogP contribution in [0.3, 0.4) is 0 Å². The van der Waals surface area contributed by atoms with Gasteiger partial charge in [0.1, 0.15) is 17.5 Å². The highest BCUT2D eigenvalue weighted by molar-refractivity contribution is 6.18. The second-order valence-corrected chi connectivity index (χ2v) is 5.61. The predicted molar refractivity (Wildman–Crippen MR) is 73.2 cm³/mol. The van der Waals surface area contributed by atoms with Crippen molar-refractivity contribution >= 4 is 17.5 Å². The highest BCUT2D eigenvalue weighted by Crippen LogP contribution is 2.39. The minimum Gasteiger partial charge on any atom is -0.495 e. The first-order valence-electron chi connectivity index (χ1n) is 6.32. The monoisotopic (exact) mass is 272 g/mol. The number of para-hydroxylation sites is 1. The van der Waals surface area contributed by atoms with Crippen molar-refractivity contribution in [2.24, 2.45) is 5.41 Å². The number of nitrogens with zero attached hydrogens (tertiary/aromatic N) is 2. The summed E-state index contributed by atoms with van der Waals surface area (Å²) in [7, 11) is 1.45. The molecule has 2 amide bonds. The second kappa shape index (κ2) is 4.97. The van der Waals surface area contributed by atoms with Crippen LogP contribution in [0, 0.1) is 16.7 Å². The van der Waals surface area contributed by atoms with Crippen molar-refractivity contribution in [3.63, 3.8) is 0 Å². The largest absolute Gasteiger partial charge is 0.495 e. The summed E-state index contributed by atoms with van der Waals surface area (Å²) < 4.78 is 5.19. The molecule has 1 aliphatic rings. The van der Waals surface area contributed by atoms with Gasteiger partial charge in [-0.3, -0.25) is 9.59 Å². The Morgan fingerprint density at radius 3 is 2.35 bits per heavy atom. The topological polar surface area (TPSA) is 70.4 Å². The van der Waals surface area contributed by atoms with Crippen LogP contribution >= 0.6 is 0 Å². The standard InChI is InChI=1S/C15H16N2O3/c1-15(2)7-12(18)17(13(19)8-15)14-10(9-16)5-4-6-11(14)20-3/h4-6H,7-8H2,1-3H3. The fraction of sp³-hybridized carbons (Fsp3) is 0.400. The molecule has 0 atom stereocenters. The number of amides is 2. The Labute approximate surface area is 117 Å². The Morgan fingerprint density at radius 1 is 1.25 bits per heavy atom. The van der Waals surface area contributed by atoms with Crippen LogP contribution in [0.1, 0.15) is 32.3 Å². The molecule has 1 aromatic carbocycles. The molecule has 5 heteroatoms. The van der Waals surface area contributed by atoms with Crippen molar-refractivity contribution in [3.05, 3.63) is 23.8 Å². The number of hydrogen-bond acceptors (Lipinski definition) is 4. The molecule has 0 aromatic heterocycles. The number of imide groups is 1. The number of methoxy groups -OCH3 is 1. The van der Waals surface area contributed by atoms with Crippen molar-refractivity contribution in [1.82, 2.24) is 0 Å². The van der Waals surface area contributed by atoms with Crippen LogP contribution < -0.4 is 9.64 Å². The minimum absolute atomic E-state index is 0.253. The van der Waals surface area contributed by atoms with Crippen LogP contribution in [0.5, 0.6) is 5.75 Å². The first-order chi connectivity index (χ1) is 9.39. The van der Waals surface area contributed by atoms with Crippen molar-refractivity contribution < 1.29 is 14.3 Å². The van der Waals surface area contributed by atoms with E-state index in [1.54, 1.807) is 18.2 Å². The number of rotatable bonds is 2. The molecule has 0 unspecified atom stereocenters. The quantitative estimate of drug-likeness (QED) is 0.774. The van der Waals surface area contributed by atoms with E-state index in [0.29, 0.717) is 5.75 Å². The molecule has 0 aliphatic carbocycles. The van der Waals surface area contributed by atoms with Gasteiger partial charge in [0, 0.05) is 12.8 Å². The molecule has 20 heavy (non-hydrogen) atoms. The van der Waals surface area contributed by atoms with Crippen molar-refractivity contribution in [2.45, 2.75) is 26.7 Å². The number of benzene rings is 1. The molecular formula is C15H16N2O3. The number of piperidine rings is 1. The summed E-state index contributed by atoms with van der Waals surface area (Å²) >= 11 is 0. The van der Waals surface area contributed by atoms with E-state index >= 15 is 0 Å². The van der Waals surface area contributed by atoms with E-state index in [9.17, 15) is 14.9 Å². The molecule has 0 bridgehead atoms. The lowest BCUT2D eigenvalue weighted by Crippen LogP contribution is -2.46. The van der Waals surface area contributed by atoms with Gasteiger partial charge in [-0.05, 0) is 17.5 Å². The van der Waals surface area contributed by atoms with Crippen molar-refractivity contribution in [1.29, 1.82) is 5.26 Å². The van der Waals surface area contributed by atoms with E-state index in [-0.39, 0.29) is 41.3 Å². The Bertz CT molecular complexity index is 594. The van der Waals surface area contributed by atoms with Crippen LogP contribution in [0.25, 0.3) is 0 Å². The summed E-state index contributed by atoms with van der Waals surface area (Å²) in [6, 6.07) is 6.86. The molecule has 1 aliphatic heterocycles. The summed E-state index contributed by atoms with van der Waals surface area (Å²) in [5.74, 6) is -0.245. The molecule has 1 heterocycles. The third-order valence-electron chi connectivity index (χ3n) is 3.32. The number of nitriles is 1. The third-order valence-corrected chi connectivity index (χ3v) is 3.32. The van der Waals surface area contributed by atoms with E-state index in [1.165, 1.54) is 7.11 Å². The molecule has 0 radical (unpaired) electrons. The smallest absolute Gasteiger partial charge is 0.234 e. The summed E-state index contributed by atoms with van der Waals surface area (Å²) in [5.41, 5.74) is 0.160. The van der Waals surface area contributed by atoms with Gasteiger partial charge in [0.05, 0.1) is 12.7 Å². The lowest BCUT2D eigenvalue weighted by molar-refractivity contribution is -0.132. The highest BCUT2D eigenvalue weighted by Gasteiger charge is 2.40. The summed E-state index contributed by atoms with van der Waals surface area (Å²) in [6.07, 6.45) is 0.531. The number of carbonyl (C=O) groups excluding carboxylic acids is 2. The first kappa shape index (κ1) is 14.1. The molecule has 2 rings (SSSR count). The molecule has 1 saturated heterocycles. The van der Waals surface area contributed by atoms with Crippen LogP contribution in [-0.2, 0) is 9.59 Å². The van der Waals surface area contributed by atoms with Gasteiger partial charge >= 0.3 is 0 Å². The van der Waals surface area contributed by atoms with E-state index in [4.69, 9.17) is 4.74 Å².